The van der Waals surface area contributed by atoms with Crippen LogP contribution in [0.4, 0.5) is 0 Å². The van der Waals surface area contributed by atoms with Crippen molar-refractivity contribution in [3.63, 3.8) is 0 Å². The molecule has 1 aromatic heterocycles. The molecule has 0 radical (unpaired) electrons. The molecule has 1 aliphatic heterocycles. The van der Waals surface area contributed by atoms with Gasteiger partial charge in [0.25, 0.3) is 0 Å². The molecule has 0 N–H and O–H groups in total. The number of hydrogen-bond acceptors (Lipinski definition) is 6. The van der Waals surface area contributed by atoms with Crippen LogP contribution in [-0.2, 0) is 14.3 Å². The van der Waals surface area contributed by atoms with Gasteiger partial charge in [-0.1, -0.05) is 72.4 Å². The first-order valence-electron chi connectivity index (χ1n) is 11.7. The molecule has 1 aliphatic rings. The van der Waals surface area contributed by atoms with Gasteiger partial charge in [-0.15, -0.1) is 0 Å². The number of amides is 1. The Morgan fingerprint density at radius 3 is 2.46 bits per heavy atom. The zero-order chi connectivity index (χ0) is 24.6. The number of ether oxygens (including phenoxy) is 1. The number of rotatable bonds is 7. The van der Waals surface area contributed by atoms with Gasteiger partial charge in [0.1, 0.15) is 11.1 Å². The maximum absolute atomic E-state index is 13.0. The number of carbonyl (C=O) groups is 2. The number of likely N-dealkylation sites (tertiary alicyclic amines) is 1. The number of benzene rings is 2. The first kappa shape index (κ1) is 24.5. The largest absolute Gasteiger partial charge is 0.466 e. The molecular formula is C28H27N3O3S. The van der Waals surface area contributed by atoms with Gasteiger partial charge in [-0.2, -0.15) is 5.26 Å². The third-order valence-electron chi connectivity index (χ3n) is 5.98. The molecule has 1 atom stereocenters. The molecule has 6 nitrogen and oxygen atoms in total. The average Bonchev–Trinajstić information content (AvgIpc) is 2.92. The summed E-state index contributed by atoms with van der Waals surface area (Å²) >= 11 is 1.27. The smallest absolute Gasteiger partial charge is 0.310 e. The topological polar surface area (TPSA) is 83.3 Å². The Balaban J connectivity index is 1.60. The zero-order valence-corrected chi connectivity index (χ0v) is 20.5. The Kier molecular flexibility index (Phi) is 8.17. The lowest BCUT2D eigenvalue weighted by Crippen LogP contribution is -2.43. The first-order chi connectivity index (χ1) is 17.1. The molecule has 0 spiro atoms. The van der Waals surface area contributed by atoms with Crippen LogP contribution in [0.3, 0.4) is 0 Å². The maximum atomic E-state index is 13.0. The van der Waals surface area contributed by atoms with Crippen LogP contribution < -0.4 is 0 Å². The molecule has 1 saturated heterocycles. The van der Waals surface area contributed by atoms with Crippen molar-refractivity contribution < 1.29 is 14.3 Å². The van der Waals surface area contributed by atoms with Crippen molar-refractivity contribution in [2.75, 3.05) is 25.4 Å². The number of nitrogens with zero attached hydrogens (tertiary/aromatic N) is 3. The van der Waals surface area contributed by atoms with Crippen molar-refractivity contribution in [1.29, 1.82) is 5.26 Å². The SMILES string of the molecule is CCOC(=O)[C@H]1CCCN(C(=O)CSc2nc(-c3ccccc3)cc(-c3ccccc3)c2C#N)C1. The van der Waals surface area contributed by atoms with E-state index in [0.29, 0.717) is 30.3 Å². The highest BCUT2D eigenvalue weighted by Gasteiger charge is 2.29. The Bertz CT molecular complexity index is 1230. The zero-order valence-electron chi connectivity index (χ0n) is 19.6. The molecule has 2 aromatic carbocycles. The van der Waals surface area contributed by atoms with E-state index in [1.54, 1.807) is 11.8 Å². The Hall–Kier alpha value is -3.63. The van der Waals surface area contributed by atoms with Gasteiger partial charge in [0.2, 0.25) is 5.91 Å². The van der Waals surface area contributed by atoms with E-state index in [1.165, 1.54) is 11.8 Å². The third-order valence-corrected chi connectivity index (χ3v) is 6.94. The second kappa shape index (κ2) is 11.7. The average molecular weight is 486 g/mol. The summed E-state index contributed by atoms with van der Waals surface area (Å²) in [4.78, 5) is 31.7. The monoisotopic (exact) mass is 485 g/mol. The fraction of sp³-hybridized carbons (Fsp3) is 0.286. The Morgan fingerprint density at radius 1 is 1.11 bits per heavy atom. The molecule has 0 saturated carbocycles. The summed E-state index contributed by atoms with van der Waals surface area (Å²) in [5, 5.41) is 10.6. The first-order valence-corrected chi connectivity index (χ1v) is 12.7. The lowest BCUT2D eigenvalue weighted by atomic mass is 9.98. The molecule has 178 valence electrons. The molecular weight excluding hydrogens is 458 g/mol. The lowest BCUT2D eigenvalue weighted by Gasteiger charge is -2.31. The van der Waals surface area contributed by atoms with E-state index in [4.69, 9.17) is 9.72 Å². The summed E-state index contributed by atoms with van der Waals surface area (Å²) in [6, 6.07) is 23.8. The number of carbonyl (C=O) groups excluding carboxylic acids is 2. The van der Waals surface area contributed by atoms with Crippen molar-refractivity contribution >= 4 is 23.6 Å². The summed E-state index contributed by atoms with van der Waals surface area (Å²) in [6.07, 6.45) is 1.50. The fourth-order valence-electron chi connectivity index (χ4n) is 4.21. The van der Waals surface area contributed by atoms with Crippen molar-refractivity contribution in [2.24, 2.45) is 5.92 Å². The van der Waals surface area contributed by atoms with Crippen LogP contribution in [0.2, 0.25) is 0 Å². The van der Waals surface area contributed by atoms with Gasteiger partial charge in [-0.05, 0) is 31.4 Å². The fourth-order valence-corrected chi connectivity index (χ4v) is 5.12. The molecule has 0 unspecified atom stereocenters. The van der Waals surface area contributed by atoms with Gasteiger partial charge >= 0.3 is 5.97 Å². The number of thioether (sulfide) groups is 1. The van der Waals surface area contributed by atoms with Gasteiger partial charge in [0.05, 0.1) is 29.5 Å². The van der Waals surface area contributed by atoms with Crippen molar-refractivity contribution in [2.45, 2.75) is 24.8 Å². The molecule has 0 aliphatic carbocycles. The third kappa shape index (κ3) is 5.90. The lowest BCUT2D eigenvalue weighted by molar-refractivity contribution is -0.151. The van der Waals surface area contributed by atoms with Crippen LogP contribution in [0, 0.1) is 17.2 Å². The summed E-state index contributed by atoms with van der Waals surface area (Å²) in [6.45, 7) is 3.11. The van der Waals surface area contributed by atoms with E-state index in [0.717, 1.165) is 35.2 Å². The van der Waals surface area contributed by atoms with Gasteiger partial charge in [-0.25, -0.2) is 4.98 Å². The van der Waals surface area contributed by atoms with E-state index in [1.807, 2.05) is 66.7 Å². The number of aromatic nitrogens is 1. The quantitative estimate of drug-likeness (QED) is 0.339. The minimum Gasteiger partial charge on any atom is -0.466 e. The number of nitriles is 1. The number of esters is 1. The van der Waals surface area contributed by atoms with Crippen LogP contribution in [0.1, 0.15) is 25.3 Å². The van der Waals surface area contributed by atoms with Crippen LogP contribution in [0.5, 0.6) is 0 Å². The highest BCUT2D eigenvalue weighted by molar-refractivity contribution is 8.00. The highest BCUT2D eigenvalue weighted by Crippen LogP contribution is 2.34. The molecule has 35 heavy (non-hydrogen) atoms. The van der Waals surface area contributed by atoms with Gasteiger partial charge in [0, 0.05) is 24.2 Å². The summed E-state index contributed by atoms with van der Waals surface area (Å²) in [5.41, 5.74) is 3.86. The van der Waals surface area contributed by atoms with E-state index in [-0.39, 0.29) is 23.5 Å². The summed E-state index contributed by atoms with van der Waals surface area (Å²) in [5.74, 6) is -0.448. The van der Waals surface area contributed by atoms with E-state index in [9.17, 15) is 14.9 Å². The van der Waals surface area contributed by atoms with Crippen molar-refractivity contribution in [1.82, 2.24) is 9.88 Å². The van der Waals surface area contributed by atoms with Crippen molar-refractivity contribution in [3.05, 3.63) is 72.3 Å². The second-order valence-electron chi connectivity index (χ2n) is 8.30. The predicted octanol–water partition coefficient (Wildman–Crippen LogP) is 5.18. The maximum Gasteiger partial charge on any atom is 0.310 e. The van der Waals surface area contributed by atoms with E-state index < -0.39 is 0 Å². The minimum absolute atomic E-state index is 0.0685. The van der Waals surface area contributed by atoms with Crippen LogP contribution >= 0.6 is 11.8 Å². The molecule has 2 heterocycles. The normalized spacial score (nSPS) is 15.3. The van der Waals surface area contributed by atoms with Crippen LogP contribution in [0.25, 0.3) is 22.4 Å². The summed E-state index contributed by atoms with van der Waals surface area (Å²) < 4.78 is 5.15. The highest BCUT2D eigenvalue weighted by atomic mass is 32.2. The van der Waals surface area contributed by atoms with Crippen LogP contribution in [-0.4, -0.2) is 47.2 Å². The molecule has 7 heteroatoms. The number of hydrogen-bond donors (Lipinski definition) is 0. The Labute approximate surface area is 209 Å². The molecule has 0 bridgehead atoms. The summed E-state index contributed by atoms with van der Waals surface area (Å²) in [7, 11) is 0. The van der Waals surface area contributed by atoms with Gasteiger partial charge in [0.15, 0.2) is 0 Å². The van der Waals surface area contributed by atoms with E-state index in [2.05, 4.69) is 6.07 Å². The Morgan fingerprint density at radius 2 is 1.80 bits per heavy atom. The predicted molar refractivity (Wildman–Crippen MR) is 136 cm³/mol. The van der Waals surface area contributed by atoms with Crippen LogP contribution in [0.15, 0.2) is 71.8 Å². The number of pyridine rings is 1. The van der Waals surface area contributed by atoms with E-state index >= 15 is 0 Å². The molecule has 1 amide bonds. The molecule has 1 fully saturated rings. The second-order valence-corrected chi connectivity index (χ2v) is 9.26. The number of piperidine rings is 1. The standard InChI is InChI=1S/C28H27N3O3S/c1-2-34-28(33)22-14-9-15-31(18-22)26(32)19-35-27-24(17-29)23(20-10-5-3-6-11-20)16-25(30-27)21-12-7-4-8-13-21/h3-8,10-13,16,22H,2,9,14-15,18-19H2,1H3/t22-/m0/s1. The minimum atomic E-state index is -0.281. The van der Waals surface area contributed by atoms with Crippen molar-refractivity contribution in [3.8, 4) is 28.5 Å². The van der Waals surface area contributed by atoms with Gasteiger partial charge < -0.3 is 9.64 Å². The molecule has 4 rings (SSSR count). The van der Waals surface area contributed by atoms with Gasteiger partial charge in [-0.3, -0.25) is 9.59 Å². The molecule has 3 aromatic rings.